The molecule has 2 aromatic rings. The molecule has 0 saturated carbocycles. The zero-order valence-corrected chi connectivity index (χ0v) is 13.9. The maximum absolute atomic E-state index is 10.1. The predicted molar refractivity (Wildman–Crippen MR) is 88.6 cm³/mol. The Balaban J connectivity index is 2.00. The summed E-state index contributed by atoms with van der Waals surface area (Å²) in [7, 11) is 0. The van der Waals surface area contributed by atoms with Crippen molar-refractivity contribution in [1.82, 2.24) is 20.1 Å². The predicted octanol–water partition coefficient (Wildman–Crippen LogP) is 2.22. The van der Waals surface area contributed by atoms with Crippen LogP contribution in [0, 0.1) is 0 Å². The third-order valence-electron chi connectivity index (χ3n) is 3.27. The number of nitrogens with one attached hydrogen (secondary N) is 1. The molecule has 0 aliphatic carbocycles. The monoisotopic (exact) mass is 308 g/mol. The zero-order valence-electron chi connectivity index (χ0n) is 13.1. The molecule has 2 N–H and O–H groups in total. The van der Waals surface area contributed by atoms with Gasteiger partial charge < -0.3 is 10.4 Å². The first-order valence-electron chi connectivity index (χ1n) is 7.17. The maximum atomic E-state index is 10.1. The first kappa shape index (κ1) is 16.3. The van der Waals surface area contributed by atoms with Crippen molar-refractivity contribution >= 4 is 22.8 Å². The Kier molecular flexibility index (Phi) is 5.24. The van der Waals surface area contributed by atoms with Crippen LogP contribution in [-0.2, 0) is 6.54 Å². The Hall–Kier alpha value is -1.11. The van der Waals surface area contributed by atoms with Gasteiger partial charge in [-0.25, -0.2) is 9.67 Å². The van der Waals surface area contributed by atoms with E-state index in [9.17, 15) is 5.11 Å². The SMILES string of the molecule is CSCC(C)(O)CNCc1cnc2c(cnn2C(C)C)c1. The molecule has 116 valence electrons. The molecule has 0 radical (unpaired) electrons. The highest BCUT2D eigenvalue weighted by atomic mass is 32.2. The number of thioether (sulfide) groups is 1. The standard InChI is InChI=1S/C15H24N4OS/c1-11(2)19-14-13(8-18-19)5-12(7-17-14)6-16-9-15(3,20)10-21-4/h5,7-8,11,16,20H,6,9-10H2,1-4H3. The van der Waals surface area contributed by atoms with Gasteiger partial charge in [-0.3, -0.25) is 0 Å². The number of hydrogen-bond donors (Lipinski definition) is 2. The fourth-order valence-electron chi connectivity index (χ4n) is 2.30. The number of rotatable bonds is 7. The number of aliphatic hydroxyl groups is 1. The highest BCUT2D eigenvalue weighted by Gasteiger charge is 2.18. The first-order chi connectivity index (χ1) is 9.93. The van der Waals surface area contributed by atoms with Gasteiger partial charge in [-0.1, -0.05) is 0 Å². The van der Waals surface area contributed by atoms with Crippen LogP contribution >= 0.6 is 11.8 Å². The molecule has 2 aromatic heterocycles. The lowest BCUT2D eigenvalue weighted by Gasteiger charge is -2.22. The second-order valence-corrected chi connectivity index (χ2v) is 6.84. The molecule has 21 heavy (non-hydrogen) atoms. The first-order valence-corrected chi connectivity index (χ1v) is 8.56. The van der Waals surface area contributed by atoms with Gasteiger partial charge in [0.1, 0.15) is 0 Å². The van der Waals surface area contributed by atoms with Gasteiger partial charge >= 0.3 is 0 Å². The molecule has 0 saturated heterocycles. The molecule has 0 amide bonds. The normalized spacial score (nSPS) is 14.8. The van der Waals surface area contributed by atoms with Crippen molar-refractivity contribution in [2.75, 3.05) is 18.6 Å². The van der Waals surface area contributed by atoms with Crippen LogP contribution in [0.3, 0.4) is 0 Å². The topological polar surface area (TPSA) is 63.0 Å². The quantitative estimate of drug-likeness (QED) is 0.821. The number of fused-ring (bicyclic) bond motifs is 1. The highest BCUT2D eigenvalue weighted by molar-refractivity contribution is 7.98. The second-order valence-electron chi connectivity index (χ2n) is 5.97. The molecule has 0 bridgehead atoms. The molecule has 0 fully saturated rings. The summed E-state index contributed by atoms with van der Waals surface area (Å²) in [6, 6.07) is 2.41. The van der Waals surface area contributed by atoms with Gasteiger partial charge in [-0.15, -0.1) is 0 Å². The van der Waals surface area contributed by atoms with Crippen LogP contribution in [0.25, 0.3) is 11.0 Å². The minimum absolute atomic E-state index is 0.306. The van der Waals surface area contributed by atoms with Crippen molar-refractivity contribution in [3.05, 3.63) is 24.0 Å². The molecular weight excluding hydrogens is 284 g/mol. The van der Waals surface area contributed by atoms with E-state index in [-0.39, 0.29) is 0 Å². The van der Waals surface area contributed by atoms with E-state index in [1.54, 1.807) is 11.8 Å². The molecule has 2 rings (SSSR count). The molecular formula is C15H24N4OS. The van der Waals surface area contributed by atoms with Crippen molar-refractivity contribution < 1.29 is 5.11 Å². The van der Waals surface area contributed by atoms with E-state index >= 15 is 0 Å². The van der Waals surface area contributed by atoms with Crippen LogP contribution in [0.5, 0.6) is 0 Å². The van der Waals surface area contributed by atoms with Gasteiger partial charge in [0.2, 0.25) is 0 Å². The summed E-state index contributed by atoms with van der Waals surface area (Å²) in [5.74, 6) is 0.721. The summed E-state index contributed by atoms with van der Waals surface area (Å²) in [6.07, 6.45) is 5.73. The van der Waals surface area contributed by atoms with Gasteiger partial charge in [0, 0.05) is 36.5 Å². The van der Waals surface area contributed by atoms with E-state index in [2.05, 4.69) is 35.3 Å². The van der Waals surface area contributed by atoms with E-state index in [1.807, 2.05) is 30.3 Å². The van der Waals surface area contributed by atoms with E-state index < -0.39 is 5.60 Å². The summed E-state index contributed by atoms with van der Waals surface area (Å²) in [5.41, 5.74) is 1.34. The lowest BCUT2D eigenvalue weighted by atomic mass is 10.1. The van der Waals surface area contributed by atoms with Gasteiger partial charge in [0.05, 0.1) is 11.8 Å². The molecule has 1 unspecified atom stereocenters. The second kappa shape index (κ2) is 6.77. The van der Waals surface area contributed by atoms with Gasteiger partial charge in [-0.05, 0) is 38.7 Å². The largest absolute Gasteiger partial charge is 0.388 e. The Labute approximate surface area is 130 Å². The highest BCUT2D eigenvalue weighted by Crippen LogP contribution is 2.16. The van der Waals surface area contributed by atoms with E-state index in [4.69, 9.17) is 0 Å². The smallest absolute Gasteiger partial charge is 0.157 e. The molecule has 5 nitrogen and oxygen atoms in total. The summed E-state index contributed by atoms with van der Waals surface area (Å²) in [6.45, 7) is 7.30. The number of pyridine rings is 1. The minimum Gasteiger partial charge on any atom is -0.388 e. The Morgan fingerprint density at radius 1 is 1.43 bits per heavy atom. The van der Waals surface area contributed by atoms with Crippen molar-refractivity contribution in [2.24, 2.45) is 0 Å². The van der Waals surface area contributed by atoms with E-state index in [0.29, 0.717) is 19.1 Å². The van der Waals surface area contributed by atoms with Crippen molar-refractivity contribution in [3.63, 3.8) is 0 Å². The molecule has 0 aromatic carbocycles. The average molecular weight is 308 g/mol. The molecule has 0 aliphatic heterocycles. The summed E-state index contributed by atoms with van der Waals surface area (Å²) in [4.78, 5) is 4.51. The van der Waals surface area contributed by atoms with Gasteiger partial charge in [-0.2, -0.15) is 16.9 Å². The van der Waals surface area contributed by atoms with Crippen LogP contribution < -0.4 is 5.32 Å². The van der Waals surface area contributed by atoms with E-state index in [0.717, 1.165) is 22.3 Å². The Bertz CT molecular complexity index is 594. The number of hydrogen-bond acceptors (Lipinski definition) is 5. The third kappa shape index (κ3) is 4.18. The van der Waals surface area contributed by atoms with Gasteiger partial charge in [0.25, 0.3) is 0 Å². The molecule has 0 aliphatic rings. The summed E-state index contributed by atoms with van der Waals surface area (Å²) < 4.78 is 1.93. The van der Waals surface area contributed by atoms with Gasteiger partial charge in [0.15, 0.2) is 5.65 Å². The summed E-state index contributed by atoms with van der Waals surface area (Å²) >= 11 is 1.65. The molecule has 0 spiro atoms. The van der Waals surface area contributed by atoms with Crippen molar-refractivity contribution in [2.45, 2.75) is 39.0 Å². The van der Waals surface area contributed by atoms with Crippen molar-refractivity contribution in [1.29, 1.82) is 0 Å². The fraction of sp³-hybridized carbons (Fsp3) is 0.600. The lowest BCUT2D eigenvalue weighted by molar-refractivity contribution is 0.0846. The lowest BCUT2D eigenvalue weighted by Crippen LogP contribution is -2.39. The Morgan fingerprint density at radius 3 is 2.86 bits per heavy atom. The molecule has 6 heteroatoms. The third-order valence-corrected chi connectivity index (χ3v) is 4.18. The van der Waals surface area contributed by atoms with Crippen LogP contribution in [0.2, 0.25) is 0 Å². The molecule has 1 atom stereocenters. The van der Waals surface area contributed by atoms with E-state index in [1.165, 1.54) is 0 Å². The maximum Gasteiger partial charge on any atom is 0.157 e. The molecule has 2 heterocycles. The zero-order chi connectivity index (χ0) is 15.5. The van der Waals surface area contributed by atoms with Crippen LogP contribution in [-0.4, -0.2) is 44.0 Å². The van der Waals surface area contributed by atoms with Crippen LogP contribution in [0.15, 0.2) is 18.5 Å². The van der Waals surface area contributed by atoms with Crippen LogP contribution in [0.4, 0.5) is 0 Å². The average Bonchev–Trinajstić information content (AvgIpc) is 2.81. The fourth-order valence-corrected chi connectivity index (χ4v) is 3.02. The summed E-state index contributed by atoms with van der Waals surface area (Å²) in [5, 5.41) is 18.8. The Morgan fingerprint density at radius 2 is 2.19 bits per heavy atom. The number of aromatic nitrogens is 3. The van der Waals surface area contributed by atoms with Crippen LogP contribution in [0.1, 0.15) is 32.4 Å². The number of nitrogens with zero attached hydrogens (tertiary/aromatic N) is 3. The van der Waals surface area contributed by atoms with Crippen molar-refractivity contribution in [3.8, 4) is 0 Å². The minimum atomic E-state index is -0.681.